The highest BCUT2D eigenvalue weighted by Crippen LogP contribution is 2.41. The highest BCUT2D eigenvalue weighted by atomic mass is 16.7. The second-order valence-corrected chi connectivity index (χ2v) is 7.09. The smallest absolute Gasteiger partial charge is 0.450 e. The minimum absolute atomic E-state index is 0.349. The predicted molar refractivity (Wildman–Crippen MR) is 98.1 cm³/mol. The van der Waals surface area contributed by atoms with Crippen LogP contribution in [0.1, 0.15) is 111 Å². The van der Waals surface area contributed by atoms with E-state index < -0.39 is 6.16 Å². The van der Waals surface area contributed by atoms with Crippen LogP contribution in [0.4, 0.5) is 4.79 Å². The van der Waals surface area contributed by atoms with Gasteiger partial charge in [-0.1, -0.05) is 78.6 Å². The van der Waals surface area contributed by atoms with Gasteiger partial charge in [0, 0.05) is 0 Å². The summed E-state index contributed by atoms with van der Waals surface area (Å²) in [5.41, 5.74) is 0.569. The average Bonchev–Trinajstić information content (AvgIpc) is 2.54. The van der Waals surface area contributed by atoms with Crippen LogP contribution in [0, 0.1) is 5.41 Å². The van der Waals surface area contributed by atoms with Gasteiger partial charge in [-0.25, -0.2) is 4.79 Å². The molecule has 0 aromatic rings. The van der Waals surface area contributed by atoms with Crippen molar-refractivity contribution < 1.29 is 14.6 Å². The van der Waals surface area contributed by atoms with Gasteiger partial charge < -0.3 is 9.84 Å². The summed E-state index contributed by atoms with van der Waals surface area (Å²) in [6.45, 7) is 7.24. The highest BCUT2D eigenvalue weighted by Gasteiger charge is 2.27. The van der Waals surface area contributed by atoms with Gasteiger partial charge in [-0.15, -0.1) is 0 Å². The molecule has 0 atom stereocenters. The molecule has 0 fully saturated rings. The molecule has 0 aliphatic heterocycles. The first-order valence-corrected chi connectivity index (χ1v) is 9.96. The maximum absolute atomic E-state index is 10.3. The van der Waals surface area contributed by atoms with Crippen LogP contribution in [0.25, 0.3) is 0 Å². The normalized spacial score (nSPS) is 11.6. The summed E-state index contributed by atoms with van der Waals surface area (Å²) < 4.78 is 4.57. The van der Waals surface area contributed by atoms with Gasteiger partial charge >= 0.3 is 6.16 Å². The summed E-state index contributed by atoms with van der Waals surface area (Å²) in [5.74, 6) is 0. The van der Waals surface area contributed by atoms with Crippen LogP contribution < -0.4 is 0 Å². The first-order chi connectivity index (χ1) is 11.1. The van der Waals surface area contributed by atoms with Crippen molar-refractivity contribution in [2.24, 2.45) is 5.41 Å². The lowest BCUT2D eigenvalue weighted by Crippen LogP contribution is -2.21. The van der Waals surface area contributed by atoms with E-state index >= 15 is 0 Å². The molecule has 0 rings (SSSR count). The Morgan fingerprint density at radius 1 is 0.739 bits per heavy atom. The van der Waals surface area contributed by atoms with Gasteiger partial charge in [0.05, 0.1) is 6.61 Å². The standard InChI is InChI=1S/C20H40O3/c1-4-7-14-20(15-8-5-2,16-9-6-3)17-12-10-11-13-18-23-19(21)22/h4-18H2,1-3H3,(H,21,22). The van der Waals surface area contributed by atoms with E-state index in [1.54, 1.807) is 0 Å². The molecule has 0 saturated heterocycles. The van der Waals surface area contributed by atoms with Gasteiger partial charge in [-0.2, -0.15) is 0 Å². The highest BCUT2D eigenvalue weighted by molar-refractivity contribution is 5.56. The van der Waals surface area contributed by atoms with E-state index in [1.165, 1.54) is 77.0 Å². The lowest BCUT2D eigenvalue weighted by Gasteiger charge is -2.35. The molecule has 3 nitrogen and oxygen atoms in total. The lowest BCUT2D eigenvalue weighted by atomic mass is 9.71. The quantitative estimate of drug-likeness (QED) is 0.241. The fraction of sp³-hybridized carbons (Fsp3) is 0.950. The third kappa shape index (κ3) is 12.4. The molecular formula is C20H40O3. The zero-order chi connectivity index (χ0) is 17.4. The summed E-state index contributed by atoms with van der Waals surface area (Å²) in [6, 6.07) is 0. The van der Waals surface area contributed by atoms with Gasteiger partial charge in [0.25, 0.3) is 0 Å². The first-order valence-electron chi connectivity index (χ1n) is 9.96. The number of hydrogen-bond acceptors (Lipinski definition) is 2. The number of carboxylic acid groups (broad SMARTS) is 1. The molecule has 0 amide bonds. The van der Waals surface area contributed by atoms with Crippen molar-refractivity contribution in [3.8, 4) is 0 Å². The molecule has 0 bridgehead atoms. The molecule has 23 heavy (non-hydrogen) atoms. The Morgan fingerprint density at radius 2 is 1.17 bits per heavy atom. The first kappa shape index (κ1) is 22.3. The summed E-state index contributed by atoms with van der Waals surface area (Å²) in [5, 5.41) is 8.45. The lowest BCUT2D eigenvalue weighted by molar-refractivity contribution is 0.0898. The Kier molecular flexibility index (Phi) is 14.4. The van der Waals surface area contributed by atoms with E-state index in [0.717, 1.165) is 12.8 Å². The second-order valence-electron chi connectivity index (χ2n) is 7.09. The van der Waals surface area contributed by atoms with Crippen molar-refractivity contribution in [2.45, 2.75) is 111 Å². The van der Waals surface area contributed by atoms with Crippen LogP contribution in [-0.2, 0) is 4.74 Å². The third-order valence-electron chi connectivity index (χ3n) is 5.01. The molecule has 0 unspecified atom stereocenters. The topological polar surface area (TPSA) is 46.5 Å². The summed E-state index contributed by atoms with van der Waals surface area (Å²) in [6.07, 6.45) is 16.8. The Balaban J connectivity index is 4.21. The molecule has 0 radical (unpaired) electrons. The SMILES string of the molecule is CCCCC(CCCC)(CCCC)CCCCCCOC(=O)O. The number of unbranched alkanes of at least 4 members (excludes halogenated alkanes) is 6. The van der Waals surface area contributed by atoms with Crippen molar-refractivity contribution in [1.29, 1.82) is 0 Å². The Morgan fingerprint density at radius 3 is 1.61 bits per heavy atom. The van der Waals surface area contributed by atoms with Gasteiger partial charge in [0.15, 0.2) is 0 Å². The van der Waals surface area contributed by atoms with Crippen molar-refractivity contribution in [1.82, 2.24) is 0 Å². The zero-order valence-electron chi connectivity index (χ0n) is 15.9. The van der Waals surface area contributed by atoms with Crippen LogP contribution in [0.3, 0.4) is 0 Å². The Hall–Kier alpha value is -0.730. The van der Waals surface area contributed by atoms with E-state index in [1.807, 2.05) is 0 Å². The number of carbonyl (C=O) groups is 1. The van der Waals surface area contributed by atoms with Crippen molar-refractivity contribution in [2.75, 3.05) is 6.61 Å². The van der Waals surface area contributed by atoms with Gasteiger partial charge in [-0.05, 0) is 37.5 Å². The summed E-state index contributed by atoms with van der Waals surface area (Å²) >= 11 is 0. The van der Waals surface area contributed by atoms with Crippen LogP contribution in [-0.4, -0.2) is 17.9 Å². The van der Waals surface area contributed by atoms with E-state index in [9.17, 15) is 4.79 Å². The summed E-state index contributed by atoms with van der Waals surface area (Å²) in [7, 11) is 0. The molecule has 1 N–H and O–H groups in total. The van der Waals surface area contributed by atoms with Crippen LogP contribution in [0.5, 0.6) is 0 Å². The van der Waals surface area contributed by atoms with Crippen LogP contribution >= 0.6 is 0 Å². The number of rotatable bonds is 16. The summed E-state index contributed by atoms with van der Waals surface area (Å²) in [4.78, 5) is 10.3. The second kappa shape index (κ2) is 14.8. The van der Waals surface area contributed by atoms with E-state index in [2.05, 4.69) is 25.5 Å². The molecule has 0 heterocycles. The monoisotopic (exact) mass is 328 g/mol. The molecule has 0 saturated carbocycles. The van der Waals surface area contributed by atoms with E-state index in [0.29, 0.717) is 12.0 Å². The van der Waals surface area contributed by atoms with Gasteiger partial charge in [0.1, 0.15) is 0 Å². The van der Waals surface area contributed by atoms with Crippen molar-refractivity contribution in [3.63, 3.8) is 0 Å². The van der Waals surface area contributed by atoms with Crippen LogP contribution in [0.2, 0.25) is 0 Å². The third-order valence-corrected chi connectivity index (χ3v) is 5.01. The van der Waals surface area contributed by atoms with Crippen molar-refractivity contribution >= 4 is 6.16 Å². The minimum Gasteiger partial charge on any atom is -0.450 e. The molecule has 0 spiro atoms. The van der Waals surface area contributed by atoms with Crippen LogP contribution in [0.15, 0.2) is 0 Å². The Bertz CT molecular complexity index is 254. The van der Waals surface area contributed by atoms with Crippen molar-refractivity contribution in [3.05, 3.63) is 0 Å². The van der Waals surface area contributed by atoms with Gasteiger partial charge in [-0.3, -0.25) is 0 Å². The molecule has 3 heteroatoms. The molecule has 0 aromatic carbocycles. The average molecular weight is 329 g/mol. The Labute approximate surface area is 144 Å². The van der Waals surface area contributed by atoms with E-state index in [4.69, 9.17) is 5.11 Å². The molecule has 0 aromatic heterocycles. The minimum atomic E-state index is -1.15. The van der Waals surface area contributed by atoms with E-state index in [-0.39, 0.29) is 0 Å². The number of ether oxygens (including phenoxy) is 1. The largest absolute Gasteiger partial charge is 0.505 e. The fourth-order valence-corrected chi connectivity index (χ4v) is 3.52. The molecule has 0 aliphatic rings. The molecule has 138 valence electrons. The zero-order valence-corrected chi connectivity index (χ0v) is 15.9. The molecule has 0 aliphatic carbocycles. The maximum atomic E-state index is 10.3. The number of hydrogen-bond donors (Lipinski definition) is 1. The van der Waals surface area contributed by atoms with Gasteiger partial charge in [0.2, 0.25) is 0 Å². The fourth-order valence-electron chi connectivity index (χ4n) is 3.52. The maximum Gasteiger partial charge on any atom is 0.505 e. The molecular weight excluding hydrogens is 288 g/mol. The predicted octanol–water partition coefficient (Wildman–Crippen LogP) is 7.19.